The summed E-state index contributed by atoms with van der Waals surface area (Å²) in [6, 6.07) is 10.7. The Morgan fingerprint density at radius 2 is 2.25 bits per heavy atom. The minimum Gasteiger partial charge on any atom is -0.508 e. The first-order chi connectivity index (χ1) is 11.7. The molecule has 3 rings (SSSR count). The van der Waals surface area contributed by atoms with Crippen LogP contribution in [0.25, 0.3) is 0 Å². The van der Waals surface area contributed by atoms with E-state index in [9.17, 15) is 15.2 Å². The second-order valence-corrected chi connectivity index (χ2v) is 6.64. The fourth-order valence-electron chi connectivity index (χ4n) is 2.81. The fraction of sp³-hybridized carbons (Fsp3) is 0.333. The Hall–Kier alpha value is -2.36. The largest absolute Gasteiger partial charge is 0.508 e. The number of hydrogen-bond acceptors (Lipinski definition) is 5. The van der Waals surface area contributed by atoms with E-state index in [1.807, 2.05) is 6.07 Å². The van der Waals surface area contributed by atoms with Gasteiger partial charge in [0.05, 0.1) is 11.7 Å². The summed E-state index contributed by atoms with van der Waals surface area (Å²) in [6.45, 7) is 1.45. The van der Waals surface area contributed by atoms with E-state index < -0.39 is 0 Å². The number of benzene rings is 1. The Morgan fingerprint density at radius 1 is 1.42 bits per heavy atom. The topological polar surface area (TPSA) is 73.6 Å². The predicted molar refractivity (Wildman–Crippen MR) is 90.9 cm³/mol. The number of thiophene rings is 1. The van der Waals surface area contributed by atoms with E-state index in [1.165, 1.54) is 11.3 Å². The van der Waals surface area contributed by atoms with E-state index in [1.54, 1.807) is 34.5 Å². The van der Waals surface area contributed by atoms with Gasteiger partial charge in [-0.3, -0.25) is 4.79 Å². The molecule has 5 nitrogen and oxygen atoms in total. The van der Waals surface area contributed by atoms with Gasteiger partial charge in [0.15, 0.2) is 0 Å². The van der Waals surface area contributed by atoms with Crippen molar-refractivity contribution in [2.45, 2.75) is 25.5 Å². The molecule has 6 heteroatoms. The van der Waals surface area contributed by atoms with Gasteiger partial charge in [-0.25, -0.2) is 0 Å². The molecule has 0 bridgehead atoms. The van der Waals surface area contributed by atoms with Crippen molar-refractivity contribution in [2.75, 3.05) is 13.2 Å². The van der Waals surface area contributed by atoms with Crippen LogP contribution in [0.4, 0.5) is 0 Å². The molecule has 124 valence electrons. The standard InChI is InChI=1S/C18H18N2O3S/c19-10-13-7-9-24-17(13)18(22)20(12-15-5-3-8-23-15)11-14-4-1-2-6-16(14)21/h1-2,4,6-7,9,15,21H,3,5,8,11-12H2/t15-/m1/s1. The second kappa shape index (κ2) is 7.47. The SMILES string of the molecule is N#Cc1ccsc1C(=O)N(Cc1ccccc1O)C[C@H]1CCCO1. The number of phenolic OH excluding ortho intramolecular Hbond substituents is 1. The minimum absolute atomic E-state index is 0.00491. The number of rotatable bonds is 5. The first-order valence-corrected chi connectivity index (χ1v) is 8.72. The summed E-state index contributed by atoms with van der Waals surface area (Å²) in [5.41, 5.74) is 1.07. The molecule has 1 saturated heterocycles. The molecule has 0 spiro atoms. The average Bonchev–Trinajstić information content (AvgIpc) is 3.26. The van der Waals surface area contributed by atoms with Crippen LogP contribution >= 0.6 is 11.3 Å². The molecule has 1 aromatic heterocycles. The van der Waals surface area contributed by atoms with Crippen LogP contribution in [-0.2, 0) is 11.3 Å². The molecule has 2 heterocycles. The number of ether oxygens (including phenoxy) is 1. The zero-order valence-corrected chi connectivity index (χ0v) is 14.0. The molecule has 0 radical (unpaired) electrons. The lowest BCUT2D eigenvalue weighted by Gasteiger charge is -2.25. The van der Waals surface area contributed by atoms with Crippen LogP contribution in [0.15, 0.2) is 35.7 Å². The third-order valence-corrected chi connectivity index (χ3v) is 4.97. The summed E-state index contributed by atoms with van der Waals surface area (Å²) in [5, 5.41) is 20.9. The number of phenols is 1. The van der Waals surface area contributed by atoms with Gasteiger partial charge in [0.1, 0.15) is 16.7 Å². The Bertz CT molecular complexity index is 760. The Balaban J connectivity index is 1.85. The zero-order valence-electron chi connectivity index (χ0n) is 13.1. The smallest absolute Gasteiger partial charge is 0.265 e. The van der Waals surface area contributed by atoms with Gasteiger partial charge in [-0.1, -0.05) is 18.2 Å². The molecule has 1 aromatic carbocycles. The van der Waals surface area contributed by atoms with E-state index >= 15 is 0 Å². The molecule has 1 amide bonds. The summed E-state index contributed by atoms with van der Waals surface area (Å²) in [6.07, 6.45) is 1.91. The average molecular weight is 342 g/mol. The van der Waals surface area contributed by atoms with Crippen LogP contribution in [0.3, 0.4) is 0 Å². The highest BCUT2D eigenvalue weighted by atomic mass is 32.1. The normalized spacial score (nSPS) is 16.7. The summed E-state index contributed by atoms with van der Waals surface area (Å²) >= 11 is 1.27. The molecule has 0 aliphatic carbocycles. The van der Waals surface area contributed by atoms with E-state index in [-0.39, 0.29) is 24.3 Å². The van der Waals surface area contributed by atoms with E-state index in [2.05, 4.69) is 6.07 Å². The number of hydrogen-bond donors (Lipinski definition) is 1. The van der Waals surface area contributed by atoms with Crippen LogP contribution in [0, 0.1) is 11.3 Å². The van der Waals surface area contributed by atoms with E-state index in [4.69, 9.17) is 4.74 Å². The van der Waals surface area contributed by atoms with E-state index in [0.717, 1.165) is 12.8 Å². The molecule has 2 aromatic rings. The number of carbonyl (C=O) groups excluding carboxylic acids is 1. The molecule has 1 N–H and O–H groups in total. The molecule has 1 fully saturated rings. The molecular weight excluding hydrogens is 324 g/mol. The van der Waals surface area contributed by atoms with Crippen molar-refractivity contribution >= 4 is 17.2 Å². The summed E-state index contributed by atoms with van der Waals surface area (Å²) in [5.74, 6) is -0.0328. The number of para-hydroxylation sites is 1. The lowest BCUT2D eigenvalue weighted by Crippen LogP contribution is -2.36. The van der Waals surface area contributed by atoms with Gasteiger partial charge in [0, 0.05) is 25.3 Å². The van der Waals surface area contributed by atoms with Crippen molar-refractivity contribution in [2.24, 2.45) is 0 Å². The lowest BCUT2D eigenvalue weighted by atomic mass is 10.1. The van der Waals surface area contributed by atoms with Crippen LogP contribution < -0.4 is 0 Å². The highest BCUT2D eigenvalue weighted by molar-refractivity contribution is 7.12. The molecule has 1 aliphatic rings. The first kappa shape index (κ1) is 16.5. The first-order valence-electron chi connectivity index (χ1n) is 7.84. The number of nitrogens with zero attached hydrogens (tertiary/aromatic N) is 2. The molecule has 24 heavy (non-hydrogen) atoms. The molecule has 1 atom stereocenters. The predicted octanol–water partition coefficient (Wildman–Crippen LogP) is 3.15. The summed E-state index contributed by atoms with van der Waals surface area (Å²) < 4.78 is 5.66. The number of aromatic hydroxyl groups is 1. The maximum absolute atomic E-state index is 12.9. The third kappa shape index (κ3) is 3.58. The Kier molecular flexibility index (Phi) is 5.14. The van der Waals surface area contributed by atoms with Gasteiger partial charge >= 0.3 is 0 Å². The van der Waals surface area contributed by atoms with Crippen molar-refractivity contribution in [1.29, 1.82) is 5.26 Å². The summed E-state index contributed by atoms with van der Waals surface area (Å²) in [4.78, 5) is 15.0. The van der Waals surface area contributed by atoms with Crippen molar-refractivity contribution in [3.05, 3.63) is 51.7 Å². The Labute approximate surface area is 144 Å². The maximum atomic E-state index is 12.9. The highest BCUT2D eigenvalue weighted by Crippen LogP contribution is 2.24. The van der Waals surface area contributed by atoms with Crippen molar-refractivity contribution < 1.29 is 14.6 Å². The van der Waals surface area contributed by atoms with Crippen molar-refractivity contribution in [3.8, 4) is 11.8 Å². The van der Waals surface area contributed by atoms with Crippen LogP contribution in [0.1, 0.15) is 33.6 Å². The van der Waals surface area contributed by atoms with Crippen molar-refractivity contribution in [3.63, 3.8) is 0 Å². The monoisotopic (exact) mass is 342 g/mol. The molecule has 0 unspecified atom stereocenters. The molecule has 0 saturated carbocycles. The third-order valence-electron chi connectivity index (χ3n) is 4.07. The van der Waals surface area contributed by atoms with E-state index in [0.29, 0.717) is 29.2 Å². The van der Waals surface area contributed by atoms with Gasteiger partial charge in [0.25, 0.3) is 5.91 Å². The maximum Gasteiger partial charge on any atom is 0.265 e. The lowest BCUT2D eigenvalue weighted by molar-refractivity contribution is 0.0509. The quantitative estimate of drug-likeness (QED) is 0.906. The van der Waals surface area contributed by atoms with Gasteiger partial charge < -0.3 is 14.7 Å². The molecule has 1 aliphatic heterocycles. The minimum atomic E-state index is -0.194. The second-order valence-electron chi connectivity index (χ2n) is 5.72. The zero-order chi connectivity index (χ0) is 16.9. The van der Waals surface area contributed by atoms with Crippen LogP contribution in [-0.4, -0.2) is 35.2 Å². The van der Waals surface area contributed by atoms with Gasteiger partial charge in [-0.05, 0) is 30.4 Å². The van der Waals surface area contributed by atoms with Gasteiger partial charge in [-0.2, -0.15) is 5.26 Å². The number of amides is 1. The van der Waals surface area contributed by atoms with Crippen LogP contribution in [0.5, 0.6) is 5.75 Å². The summed E-state index contributed by atoms with van der Waals surface area (Å²) in [7, 11) is 0. The Morgan fingerprint density at radius 3 is 2.96 bits per heavy atom. The number of carbonyl (C=O) groups is 1. The van der Waals surface area contributed by atoms with Crippen LogP contribution in [0.2, 0.25) is 0 Å². The number of nitriles is 1. The highest BCUT2D eigenvalue weighted by Gasteiger charge is 2.26. The van der Waals surface area contributed by atoms with Crippen molar-refractivity contribution in [1.82, 2.24) is 4.90 Å². The molecular formula is C18H18N2O3S. The van der Waals surface area contributed by atoms with Gasteiger partial charge in [0.2, 0.25) is 0 Å². The van der Waals surface area contributed by atoms with Gasteiger partial charge in [-0.15, -0.1) is 11.3 Å². The fourth-order valence-corrected chi connectivity index (χ4v) is 3.62.